The molecule has 2 aromatic carbocycles. The van der Waals surface area contributed by atoms with Crippen LogP contribution in [0.25, 0.3) is 10.9 Å². The molecule has 0 fully saturated rings. The number of amides is 1. The third kappa shape index (κ3) is 5.14. The summed E-state index contributed by atoms with van der Waals surface area (Å²) in [6, 6.07) is 13.9. The second kappa shape index (κ2) is 10.4. The molecule has 4 aromatic rings. The zero-order valence-electron chi connectivity index (χ0n) is 19.5. The molecule has 0 bridgehead atoms. The maximum atomic E-state index is 14.7. The Labute approximate surface area is 216 Å². The van der Waals surface area contributed by atoms with Gasteiger partial charge in [-0.05, 0) is 71.5 Å². The summed E-state index contributed by atoms with van der Waals surface area (Å²) in [6.45, 7) is 2.26. The van der Waals surface area contributed by atoms with E-state index >= 15 is 0 Å². The number of nitrogens with zero attached hydrogens (tertiary/aromatic N) is 3. The quantitative estimate of drug-likeness (QED) is 0.230. The number of fused-ring (bicyclic) bond motifs is 1. The summed E-state index contributed by atoms with van der Waals surface area (Å²) in [5.74, 6) is -1.05. The van der Waals surface area contributed by atoms with Gasteiger partial charge in [0.2, 0.25) is 0 Å². The van der Waals surface area contributed by atoms with Crippen LogP contribution < -0.4 is 5.32 Å². The summed E-state index contributed by atoms with van der Waals surface area (Å²) < 4.78 is 22.7. The Morgan fingerprint density at radius 3 is 2.54 bits per heavy atom. The highest BCUT2D eigenvalue weighted by atomic mass is 127. The van der Waals surface area contributed by atoms with E-state index in [1.165, 1.54) is 11.0 Å². The molecule has 4 rings (SSSR count). The van der Waals surface area contributed by atoms with Crippen molar-refractivity contribution in [3.63, 3.8) is 0 Å². The lowest BCUT2D eigenvalue weighted by molar-refractivity contribution is 0.0516. The number of pyridine rings is 1. The van der Waals surface area contributed by atoms with Gasteiger partial charge < -0.3 is 19.5 Å². The molecule has 180 valence electrons. The summed E-state index contributed by atoms with van der Waals surface area (Å²) in [5, 5.41) is 3.76. The highest BCUT2D eigenvalue weighted by Gasteiger charge is 2.25. The lowest BCUT2D eigenvalue weighted by Gasteiger charge is -2.14. The monoisotopic (exact) mass is 586 g/mol. The van der Waals surface area contributed by atoms with Crippen LogP contribution in [0.15, 0.2) is 60.9 Å². The predicted octanol–water partition coefficient (Wildman–Crippen LogP) is 5.45. The molecule has 0 saturated carbocycles. The lowest BCUT2D eigenvalue weighted by Crippen LogP contribution is -2.21. The van der Waals surface area contributed by atoms with Crippen molar-refractivity contribution in [1.82, 2.24) is 14.5 Å². The fourth-order valence-electron chi connectivity index (χ4n) is 3.82. The first-order valence-corrected chi connectivity index (χ1v) is 12.0. The van der Waals surface area contributed by atoms with Crippen molar-refractivity contribution < 1.29 is 18.7 Å². The molecule has 9 heteroatoms. The van der Waals surface area contributed by atoms with E-state index in [0.717, 1.165) is 14.7 Å². The van der Waals surface area contributed by atoms with Crippen LogP contribution in [0.5, 0.6) is 0 Å². The van der Waals surface area contributed by atoms with Crippen LogP contribution in [-0.2, 0) is 11.3 Å². The number of carbonyl (C=O) groups is 2. The standard InChI is InChI=1S/C26H24FIN4O3/c1-4-35-26(34)24-23(30-21-10-9-18(28)13-20(21)27)19-14-29-12-11-22(19)32(24)15-16-5-7-17(8-6-16)25(33)31(2)3/h5-14,30H,4,15H2,1-3H3. The highest BCUT2D eigenvalue weighted by Crippen LogP contribution is 2.35. The molecule has 2 aromatic heterocycles. The number of aromatic nitrogens is 2. The van der Waals surface area contributed by atoms with Crippen molar-refractivity contribution in [2.24, 2.45) is 0 Å². The normalized spacial score (nSPS) is 10.9. The largest absolute Gasteiger partial charge is 0.461 e. The third-order valence-corrected chi connectivity index (χ3v) is 6.14. The molecule has 0 spiro atoms. The van der Waals surface area contributed by atoms with Crippen molar-refractivity contribution in [2.75, 3.05) is 26.0 Å². The highest BCUT2D eigenvalue weighted by molar-refractivity contribution is 14.1. The SMILES string of the molecule is CCOC(=O)c1c(Nc2ccc(I)cc2F)c2cnccc2n1Cc1ccc(C(=O)N(C)C)cc1. The minimum atomic E-state index is -0.531. The minimum absolute atomic E-state index is 0.0905. The molecule has 7 nitrogen and oxygen atoms in total. The minimum Gasteiger partial charge on any atom is -0.461 e. The average molecular weight is 586 g/mol. The zero-order chi connectivity index (χ0) is 25.1. The maximum absolute atomic E-state index is 14.7. The van der Waals surface area contributed by atoms with Gasteiger partial charge in [0.05, 0.1) is 23.5 Å². The number of benzene rings is 2. The Kier molecular flexibility index (Phi) is 7.34. The van der Waals surface area contributed by atoms with Crippen molar-refractivity contribution in [3.8, 4) is 0 Å². The molecule has 0 atom stereocenters. The van der Waals surface area contributed by atoms with Gasteiger partial charge in [-0.2, -0.15) is 0 Å². The van der Waals surface area contributed by atoms with E-state index < -0.39 is 11.8 Å². The number of hydrogen-bond acceptors (Lipinski definition) is 5. The van der Waals surface area contributed by atoms with E-state index in [2.05, 4.69) is 10.3 Å². The average Bonchev–Trinajstić information content (AvgIpc) is 3.14. The van der Waals surface area contributed by atoms with Crippen LogP contribution in [0.3, 0.4) is 0 Å². The fraction of sp³-hybridized carbons (Fsp3) is 0.192. The molecule has 0 unspecified atom stereocenters. The molecule has 0 radical (unpaired) electrons. The van der Waals surface area contributed by atoms with Crippen LogP contribution >= 0.6 is 22.6 Å². The van der Waals surface area contributed by atoms with Crippen molar-refractivity contribution >= 4 is 56.7 Å². The Morgan fingerprint density at radius 2 is 1.89 bits per heavy atom. The molecular weight excluding hydrogens is 562 g/mol. The smallest absolute Gasteiger partial charge is 0.357 e. The van der Waals surface area contributed by atoms with Crippen molar-refractivity contribution in [3.05, 3.63) is 87.1 Å². The van der Waals surface area contributed by atoms with Crippen molar-refractivity contribution in [2.45, 2.75) is 13.5 Å². The molecule has 2 heterocycles. The van der Waals surface area contributed by atoms with E-state index in [9.17, 15) is 14.0 Å². The first-order valence-electron chi connectivity index (χ1n) is 11.0. The molecule has 0 aliphatic rings. The van der Waals surface area contributed by atoms with E-state index in [-0.39, 0.29) is 23.9 Å². The van der Waals surface area contributed by atoms with E-state index in [1.54, 1.807) is 63.7 Å². The molecule has 0 aliphatic heterocycles. The fourth-order valence-corrected chi connectivity index (χ4v) is 4.27. The number of halogens is 2. The second-order valence-electron chi connectivity index (χ2n) is 8.07. The van der Waals surface area contributed by atoms with Gasteiger partial charge in [-0.3, -0.25) is 9.78 Å². The summed E-state index contributed by atoms with van der Waals surface area (Å²) in [6.07, 6.45) is 3.28. The third-order valence-electron chi connectivity index (χ3n) is 5.47. The number of anilines is 2. The summed E-state index contributed by atoms with van der Waals surface area (Å²) >= 11 is 2.04. The van der Waals surface area contributed by atoms with Crippen LogP contribution in [0.2, 0.25) is 0 Å². The first-order chi connectivity index (χ1) is 16.8. The Bertz CT molecular complexity index is 1400. The Balaban J connectivity index is 1.83. The second-order valence-corrected chi connectivity index (χ2v) is 9.31. The van der Waals surface area contributed by atoms with E-state index in [0.29, 0.717) is 23.2 Å². The van der Waals surface area contributed by atoms with Gasteiger partial charge in [0.15, 0.2) is 5.69 Å². The lowest BCUT2D eigenvalue weighted by atomic mass is 10.1. The molecule has 1 N–H and O–H groups in total. The molecular formula is C26H24FIN4O3. The summed E-state index contributed by atoms with van der Waals surface area (Å²) in [5.41, 5.74) is 3.12. The number of rotatable bonds is 7. The zero-order valence-corrected chi connectivity index (χ0v) is 21.7. The Morgan fingerprint density at radius 1 is 1.14 bits per heavy atom. The number of hydrogen-bond donors (Lipinski definition) is 1. The molecule has 0 aliphatic carbocycles. The Hall–Kier alpha value is -3.47. The summed E-state index contributed by atoms with van der Waals surface area (Å²) in [4.78, 5) is 31.1. The van der Waals surface area contributed by atoms with Crippen LogP contribution in [-0.4, -0.2) is 47.0 Å². The van der Waals surface area contributed by atoms with Crippen LogP contribution in [0.4, 0.5) is 15.8 Å². The molecule has 1 amide bonds. The maximum Gasteiger partial charge on any atom is 0.357 e. The van der Waals surface area contributed by atoms with Gasteiger partial charge in [0.1, 0.15) is 5.82 Å². The molecule has 0 saturated heterocycles. The van der Waals surface area contributed by atoms with E-state index in [4.69, 9.17) is 4.74 Å². The number of nitrogens with one attached hydrogen (secondary N) is 1. The van der Waals surface area contributed by atoms with Crippen LogP contribution in [0.1, 0.15) is 33.3 Å². The van der Waals surface area contributed by atoms with Gasteiger partial charge in [0, 0.05) is 47.6 Å². The van der Waals surface area contributed by atoms with Crippen LogP contribution in [0, 0.1) is 9.39 Å². The predicted molar refractivity (Wildman–Crippen MR) is 142 cm³/mol. The summed E-state index contributed by atoms with van der Waals surface area (Å²) in [7, 11) is 3.40. The topological polar surface area (TPSA) is 76.5 Å². The first kappa shape index (κ1) is 24.6. The molecule has 35 heavy (non-hydrogen) atoms. The van der Waals surface area contributed by atoms with Crippen molar-refractivity contribution in [1.29, 1.82) is 0 Å². The van der Waals surface area contributed by atoms with E-state index in [1.807, 2.05) is 39.3 Å². The number of carbonyl (C=O) groups excluding carboxylic acids is 2. The van der Waals surface area contributed by atoms with Gasteiger partial charge in [-0.25, -0.2) is 9.18 Å². The van der Waals surface area contributed by atoms with Gasteiger partial charge in [0.25, 0.3) is 5.91 Å². The number of ether oxygens (including phenoxy) is 1. The number of esters is 1. The van der Waals surface area contributed by atoms with Gasteiger partial charge in [-0.1, -0.05) is 12.1 Å². The van der Waals surface area contributed by atoms with Gasteiger partial charge >= 0.3 is 5.97 Å². The van der Waals surface area contributed by atoms with Gasteiger partial charge in [-0.15, -0.1) is 0 Å².